The van der Waals surface area contributed by atoms with Crippen molar-refractivity contribution in [2.75, 3.05) is 24.6 Å². The van der Waals surface area contributed by atoms with Crippen LogP contribution in [0.15, 0.2) is 12.4 Å². The van der Waals surface area contributed by atoms with Crippen LogP contribution in [0.5, 0.6) is 5.88 Å². The van der Waals surface area contributed by atoms with Gasteiger partial charge in [0.15, 0.2) is 5.82 Å². The second-order valence-electron chi connectivity index (χ2n) is 4.03. The van der Waals surface area contributed by atoms with Gasteiger partial charge in [0, 0.05) is 31.5 Å². The van der Waals surface area contributed by atoms with E-state index in [9.17, 15) is 0 Å². The second kappa shape index (κ2) is 5.12. The molecule has 0 aliphatic carbocycles. The lowest BCUT2D eigenvalue weighted by Crippen LogP contribution is -2.27. The molecule has 0 aromatic carbocycles. The second-order valence-corrected chi connectivity index (χ2v) is 4.03. The van der Waals surface area contributed by atoms with Crippen molar-refractivity contribution >= 4 is 5.82 Å². The van der Waals surface area contributed by atoms with Crippen LogP contribution in [0.1, 0.15) is 19.8 Å². The maximum Gasteiger partial charge on any atom is 0.257 e. The van der Waals surface area contributed by atoms with Crippen LogP contribution < -0.4 is 15.4 Å². The molecule has 5 heteroatoms. The van der Waals surface area contributed by atoms with Gasteiger partial charge in [-0.2, -0.15) is 0 Å². The Hall–Kier alpha value is -1.36. The van der Waals surface area contributed by atoms with Crippen molar-refractivity contribution in [1.29, 1.82) is 0 Å². The predicted molar refractivity (Wildman–Crippen MR) is 62.6 cm³/mol. The van der Waals surface area contributed by atoms with Crippen LogP contribution in [0.4, 0.5) is 5.82 Å². The number of ether oxygens (including phenoxy) is 1. The van der Waals surface area contributed by atoms with Crippen LogP contribution in [-0.2, 0) is 0 Å². The summed E-state index contributed by atoms with van der Waals surface area (Å²) in [6.45, 7) is 4.51. The lowest BCUT2D eigenvalue weighted by molar-refractivity contribution is 0.304. The van der Waals surface area contributed by atoms with Crippen LogP contribution in [0, 0.1) is 0 Å². The summed E-state index contributed by atoms with van der Waals surface area (Å²) in [6.07, 6.45) is 5.32. The Morgan fingerprint density at radius 3 is 3.00 bits per heavy atom. The molecule has 1 aliphatic rings. The molecule has 1 fully saturated rings. The first kappa shape index (κ1) is 11.1. The molecule has 2 N–H and O–H groups in total. The molecule has 0 amide bonds. The maximum absolute atomic E-state index is 5.88. The average molecular weight is 222 g/mol. The van der Waals surface area contributed by atoms with Crippen molar-refractivity contribution in [1.82, 2.24) is 9.97 Å². The van der Waals surface area contributed by atoms with Crippen LogP contribution in [0.2, 0.25) is 0 Å². The molecule has 0 radical (unpaired) electrons. The van der Waals surface area contributed by atoms with Gasteiger partial charge in [0.25, 0.3) is 5.88 Å². The Morgan fingerprint density at radius 1 is 1.50 bits per heavy atom. The number of hydrogen-bond donors (Lipinski definition) is 1. The average Bonchev–Trinajstić information content (AvgIpc) is 2.73. The van der Waals surface area contributed by atoms with E-state index in [-0.39, 0.29) is 6.04 Å². The van der Waals surface area contributed by atoms with E-state index in [1.165, 1.54) is 0 Å². The Morgan fingerprint density at radius 2 is 2.31 bits per heavy atom. The molecule has 16 heavy (non-hydrogen) atoms. The van der Waals surface area contributed by atoms with E-state index >= 15 is 0 Å². The van der Waals surface area contributed by atoms with Crippen LogP contribution in [0.25, 0.3) is 0 Å². The first-order chi connectivity index (χ1) is 7.81. The zero-order valence-electron chi connectivity index (χ0n) is 9.59. The highest BCUT2D eigenvalue weighted by Crippen LogP contribution is 2.25. The first-order valence-corrected chi connectivity index (χ1v) is 5.75. The van der Waals surface area contributed by atoms with Gasteiger partial charge in [-0.15, -0.1) is 0 Å². The van der Waals surface area contributed by atoms with Crippen LogP contribution in [0.3, 0.4) is 0 Å². The summed E-state index contributed by atoms with van der Waals surface area (Å²) < 4.78 is 5.58. The highest BCUT2D eigenvalue weighted by atomic mass is 16.5. The molecule has 0 saturated carbocycles. The van der Waals surface area contributed by atoms with Gasteiger partial charge in [-0.05, 0) is 12.8 Å². The number of aromatic nitrogens is 2. The molecule has 1 aliphatic heterocycles. The third-order valence-electron chi connectivity index (χ3n) is 2.61. The summed E-state index contributed by atoms with van der Waals surface area (Å²) in [5, 5.41) is 0. The van der Waals surface area contributed by atoms with Crippen LogP contribution in [-0.4, -0.2) is 35.7 Å². The van der Waals surface area contributed by atoms with Crippen LogP contribution >= 0.6 is 0 Å². The fourth-order valence-electron chi connectivity index (χ4n) is 1.82. The van der Waals surface area contributed by atoms with Crippen molar-refractivity contribution < 1.29 is 4.74 Å². The molecule has 88 valence electrons. The number of hydrogen-bond acceptors (Lipinski definition) is 5. The molecule has 1 atom stereocenters. The van der Waals surface area contributed by atoms with Gasteiger partial charge in [0.2, 0.25) is 0 Å². The fourth-order valence-corrected chi connectivity index (χ4v) is 1.82. The zero-order valence-corrected chi connectivity index (χ0v) is 9.59. The van der Waals surface area contributed by atoms with Gasteiger partial charge >= 0.3 is 0 Å². The van der Waals surface area contributed by atoms with Gasteiger partial charge in [0.1, 0.15) is 0 Å². The summed E-state index contributed by atoms with van der Waals surface area (Å²) >= 11 is 0. The largest absolute Gasteiger partial charge is 0.475 e. The van der Waals surface area contributed by atoms with E-state index in [2.05, 4.69) is 21.8 Å². The van der Waals surface area contributed by atoms with E-state index < -0.39 is 0 Å². The fraction of sp³-hybridized carbons (Fsp3) is 0.636. The highest BCUT2D eigenvalue weighted by Gasteiger charge is 2.23. The smallest absolute Gasteiger partial charge is 0.257 e. The lowest BCUT2D eigenvalue weighted by Gasteiger charge is -2.18. The minimum absolute atomic E-state index is 0.237. The highest BCUT2D eigenvalue weighted by molar-refractivity contribution is 5.48. The summed E-state index contributed by atoms with van der Waals surface area (Å²) in [7, 11) is 0. The number of nitrogens with two attached hydrogens (primary N) is 1. The molecular formula is C11H18N4O. The summed E-state index contributed by atoms with van der Waals surface area (Å²) in [4.78, 5) is 10.7. The van der Waals surface area contributed by atoms with Crippen molar-refractivity contribution in [2.24, 2.45) is 5.73 Å². The predicted octanol–water partition coefficient (Wildman–Crippen LogP) is 0.803. The van der Waals surface area contributed by atoms with Crippen molar-refractivity contribution in [2.45, 2.75) is 25.8 Å². The molecule has 5 nitrogen and oxygen atoms in total. The molecule has 1 unspecified atom stereocenters. The number of rotatable bonds is 4. The minimum atomic E-state index is 0.237. The molecule has 2 rings (SSSR count). The SMILES string of the molecule is CCCOc1nccnc1N1CCC(N)C1. The van der Waals surface area contributed by atoms with Crippen molar-refractivity contribution in [3.63, 3.8) is 0 Å². The molecule has 1 aromatic heterocycles. The third kappa shape index (κ3) is 2.41. The van der Waals surface area contributed by atoms with Crippen molar-refractivity contribution in [3.05, 3.63) is 12.4 Å². The van der Waals surface area contributed by atoms with E-state index in [4.69, 9.17) is 10.5 Å². The Labute approximate surface area is 95.6 Å². The molecule has 0 bridgehead atoms. The summed E-state index contributed by atoms with van der Waals surface area (Å²) in [6, 6.07) is 0.237. The van der Waals surface area contributed by atoms with Gasteiger partial charge in [-0.1, -0.05) is 6.92 Å². The zero-order chi connectivity index (χ0) is 11.4. The van der Waals surface area contributed by atoms with Gasteiger partial charge in [0.05, 0.1) is 6.61 Å². The Balaban J connectivity index is 2.12. The van der Waals surface area contributed by atoms with E-state index in [1.54, 1.807) is 12.4 Å². The molecular weight excluding hydrogens is 204 g/mol. The molecule has 0 spiro atoms. The Kier molecular flexibility index (Phi) is 3.56. The number of anilines is 1. The summed E-state index contributed by atoms with van der Waals surface area (Å²) in [5.74, 6) is 1.45. The third-order valence-corrected chi connectivity index (χ3v) is 2.61. The number of nitrogens with zero attached hydrogens (tertiary/aromatic N) is 3. The van der Waals surface area contributed by atoms with E-state index in [0.717, 1.165) is 31.7 Å². The molecule has 1 saturated heterocycles. The standard InChI is InChI=1S/C11H18N4O/c1-2-7-16-11-10(13-4-5-14-11)15-6-3-9(12)8-15/h4-5,9H,2-3,6-8,12H2,1H3. The van der Waals surface area contributed by atoms with Gasteiger partial charge < -0.3 is 15.4 Å². The lowest BCUT2D eigenvalue weighted by atomic mass is 10.3. The maximum atomic E-state index is 5.88. The van der Waals surface area contributed by atoms with E-state index in [0.29, 0.717) is 12.5 Å². The topological polar surface area (TPSA) is 64.3 Å². The molecule has 2 heterocycles. The Bertz CT molecular complexity index is 345. The monoisotopic (exact) mass is 222 g/mol. The van der Waals surface area contributed by atoms with Gasteiger partial charge in [-0.25, -0.2) is 9.97 Å². The summed E-state index contributed by atoms with van der Waals surface area (Å²) in [5.41, 5.74) is 5.88. The quantitative estimate of drug-likeness (QED) is 0.816. The minimum Gasteiger partial charge on any atom is -0.475 e. The van der Waals surface area contributed by atoms with Gasteiger partial charge in [-0.3, -0.25) is 0 Å². The van der Waals surface area contributed by atoms with Crippen molar-refractivity contribution in [3.8, 4) is 5.88 Å². The normalized spacial score (nSPS) is 20.1. The molecule has 1 aromatic rings. The van der Waals surface area contributed by atoms with E-state index in [1.807, 2.05) is 0 Å². The first-order valence-electron chi connectivity index (χ1n) is 5.75.